The normalized spacial score (nSPS) is 27.1. The standard InChI is InChI=1S/C8H11F3O2S/c9-8(10,11)14-4-3-5-1-2-6(5)7(12)13/h5-6H,1-4H2,(H,12,13). The second-order valence-corrected chi connectivity index (χ2v) is 4.52. The zero-order chi connectivity index (χ0) is 10.8. The van der Waals surface area contributed by atoms with E-state index in [0.717, 1.165) is 6.42 Å². The summed E-state index contributed by atoms with van der Waals surface area (Å²) < 4.78 is 35.2. The average Bonchev–Trinajstić information content (AvgIpc) is 1.92. The fraction of sp³-hybridized carbons (Fsp3) is 0.875. The summed E-state index contributed by atoms with van der Waals surface area (Å²) in [6.45, 7) is 0. The molecule has 1 saturated carbocycles. The Bertz CT molecular complexity index is 217. The van der Waals surface area contributed by atoms with Crippen molar-refractivity contribution in [2.24, 2.45) is 11.8 Å². The van der Waals surface area contributed by atoms with Crippen molar-refractivity contribution in [1.29, 1.82) is 0 Å². The van der Waals surface area contributed by atoms with Crippen molar-refractivity contribution >= 4 is 17.7 Å². The van der Waals surface area contributed by atoms with Gasteiger partial charge in [0.15, 0.2) is 0 Å². The van der Waals surface area contributed by atoms with E-state index in [1.807, 2.05) is 0 Å². The maximum atomic E-state index is 11.7. The molecule has 1 aliphatic carbocycles. The highest BCUT2D eigenvalue weighted by Gasteiger charge is 2.37. The van der Waals surface area contributed by atoms with Crippen molar-refractivity contribution in [2.75, 3.05) is 5.75 Å². The van der Waals surface area contributed by atoms with E-state index in [0.29, 0.717) is 12.8 Å². The minimum absolute atomic E-state index is 0.0298. The summed E-state index contributed by atoms with van der Waals surface area (Å²) >= 11 is -0.0680. The van der Waals surface area contributed by atoms with E-state index >= 15 is 0 Å². The minimum atomic E-state index is -4.19. The third kappa shape index (κ3) is 3.40. The topological polar surface area (TPSA) is 37.3 Å². The highest BCUT2D eigenvalue weighted by Crippen LogP contribution is 2.39. The van der Waals surface area contributed by atoms with Crippen LogP contribution in [0.25, 0.3) is 0 Å². The number of halogens is 3. The molecule has 0 amide bonds. The van der Waals surface area contributed by atoms with Gasteiger partial charge < -0.3 is 5.11 Å². The van der Waals surface area contributed by atoms with Gasteiger partial charge in [-0.05, 0) is 25.2 Å². The summed E-state index contributed by atoms with van der Waals surface area (Å²) in [4.78, 5) is 10.5. The van der Waals surface area contributed by atoms with Crippen LogP contribution in [-0.2, 0) is 4.79 Å². The zero-order valence-electron chi connectivity index (χ0n) is 7.38. The number of rotatable bonds is 4. The lowest BCUT2D eigenvalue weighted by Gasteiger charge is -2.33. The van der Waals surface area contributed by atoms with E-state index in [4.69, 9.17) is 5.11 Å². The van der Waals surface area contributed by atoms with Crippen molar-refractivity contribution in [3.63, 3.8) is 0 Å². The summed E-state index contributed by atoms with van der Waals surface area (Å²) in [7, 11) is 0. The molecule has 2 nitrogen and oxygen atoms in total. The van der Waals surface area contributed by atoms with Crippen LogP contribution in [0.15, 0.2) is 0 Å². The Hall–Kier alpha value is -0.390. The van der Waals surface area contributed by atoms with Gasteiger partial charge in [0, 0.05) is 5.75 Å². The smallest absolute Gasteiger partial charge is 0.441 e. The molecule has 0 aromatic carbocycles. The molecule has 1 rings (SSSR count). The molecule has 2 atom stereocenters. The van der Waals surface area contributed by atoms with Gasteiger partial charge in [0.1, 0.15) is 0 Å². The molecular formula is C8H11F3O2S. The average molecular weight is 228 g/mol. The quantitative estimate of drug-likeness (QED) is 0.803. The molecule has 0 saturated heterocycles. The number of aliphatic carboxylic acids is 1. The lowest BCUT2D eigenvalue weighted by Crippen LogP contribution is -2.33. The molecule has 0 aromatic heterocycles. The maximum Gasteiger partial charge on any atom is 0.441 e. The molecule has 0 spiro atoms. The Labute approximate surface area is 83.9 Å². The van der Waals surface area contributed by atoms with Crippen molar-refractivity contribution in [1.82, 2.24) is 0 Å². The summed E-state index contributed by atoms with van der Waals surface area (Å²) in [6, 6.07) is 0. The molecule has 1 fully saturated rings. The molecule has 1 N–H and O–H groups in total. The Morgan fingerprint density at radius 1 is 1.43 bits per heavy atom. The van der Waals surface area contributed by atoms with Crippen molar-refractivity contribution in [3.05, 3.63) is 0 Å². The number of alkyl halides is 3. The van der Waals surface area contributed by atoms with Gasteiger partial charge in [-0.2, -0.15) is 13.2 Å². The monoisotopic (exact) mass is 228 g/mol. The lowest BCUT2D eigenvalue weighted by molar-refractivity contribution is -0.147. The van der Waals surface area contributed by atoms with Gasteiger partial charge in [-0.3, -0.25) is 4.79 Å². The van der Waals surface area contributed by atoms with Gasteiger partial charge in [-0.25, -0.2) is 0 Å². The molecule has 1 aliphatic rings. The maximum absolute atomic E-state index is 11.7. The molecule has 0 bridgehead atoms. The number of thioether (sulfide) groups is 1. The SMILES string of the molecule is O=C(O)C1CCC1CCSC(F)(F)F. The molecule has 0 radical (unpaired) electrons. The molecule has 2 unspecified atom stereocenters. The molecule has 0 aliphatic heterocycles. The first-order valence-corrected chi connectivity index (χ1v) is 5.32. The van der Waals surface area contributed by atoms with E-state index < -0.39 is 17.4 Å². The first kappa shape index (κ1) is 11.7. The van der Waals surface area contributed by atoms with Crippen LogP contribution in [0.1, 0.15) is 19.3 Å². The van der Waals surface area contributed by atoms with Gasteiger partial charge in [-0.15, -0.1) is 0 Å². The summed E-state index contributed by atoms with van der Waals surface area (Å²) in [5, 5.41) is 8.63. The van der Waals surface area contributed by atoms with Gasteiger partial charge in [0.05, 0.1) is 5.92 Å². The molecule has 82 valence electrons. The Balaban J connectivity index is 2.17. The second-order valence-electron chi connectivity index (χ2n) is 3.37. The largest absolute Gasteiger partial charge is 0.481 e. The number of hydrogen-bond donors (Lipinski definition) is 1. The third-order valence-electron chi connectivity index (χ3n) is 2.49. The summed E-state index contributed by atoms with van der Waals surface area (Å²) in [5.41, 5.74) is -4.19. The van der Waals surface area contributed by atoms with Crippen molar-refractivity contribution in [3.8, 4) is 0 Å². The molecule has 14 heavy (non-hydrogen) atoms. The molecule has 6 heteroatoms. The van der Waals surface area contributed by atoms with Crippen LogP contribution in [-0.4, -0.2) is 22.3 Å². The highest BCUT2D eigenvalue weighted by atomic mass is 32.2. The van der Waals surface area contributed by atoms with Crippen LogP contribution >= 0.6 is 11.8 Å². The predicted octanol–water partition coefficient (Wildman–Crippen LogP) is 2.74. The van der Waals surface area contributed by atoms with Crippen molar-refractivity contribution in [2.45, 2.75) is 24.8 Å². The van der Waals surface area contributed by atoms with E-state index in [9.17, 15) is 18.0 Å². The number of hydrogen-bond acceptors (Lipinski definition) is 2. The highest BCUT2D eigenvalue weighted by molar-refractivity contribution is 8.00. The van der Waals surface area contributed by atoms with Crippen LogP contribution < -0.4 is 0 Å². The zero-order valence-corrected chi connectivity index (χ0v) is 8.20. The summed E-state index contributed by atoms with van der Waals surface area (Å²) in [5.74, 6) is -1.37. The fourth-order valence-corrected chi connectivity index (χ4v) is 2.22. The van der Waals surface area contributed by atoms with Gasteiger partial charge in [-0.1, -0.05) is 11.8 Å². The second kappa shape index (κ2) is 4.42. The predicted molar refractivity (Wildman–Crippen MR) is 47.0 cm³/mol. The van der Waals surface area contributed by atoms with Crippen LogP contribution in [0.4, 0.5) is 13.2 Å². The van der Waals surface area contributed by atoms with E-state index in [1.165, 1.54) is 0 Å². The van der Waals surface area contributed by atoms with E-state index in [1.54, 1.807) is 0 Å². The molecule has 0 aromatic rings. The minimum Gasteiger partial charge on any atom is -0.481 e. The first-order valence-electron chi connectivity index (χ1n) is 4.33. The number of carbonyl (C=O) groups is 1. The van der Waals surface area contributed by atoms with Crippen LogP contribution in [0.5, 0.6) is 0 Å². The fourth-order valence-electron chi connectivity index (χ4n) is 1.57. The van der Waals surface area contributed by atoms with Gasteiger partial charge >= 0.3 is 11.5 Å². The lowest BCUT2D eigenvalue weighted by atomic mass is 9.72. The van der Waals surface area contributed by atoms with Gasteiger partial charge in [0.25, 0.3) is 0 Å². The van der Waals surface area contributed by atoms with E-state index in [-0.39, 0.29) is 23.4 Å². The van der Waals surface area contributed by atoms with Crippen LogP contribution in [0.3, 0.4) is 0 Å². The first-order chi connectivity index (χ1) is 6.40. The van der Waals surface area contributed by atoms with E-state index in [2.05, 4.69) is 0 Å². The Kier molecular flexibility index (Phi) is 3.69. The summed E-state index contributed by atoms with van der Waals surface area (Å²) in [6.07, 6.45) is 1.70. The molecular weight excluding hydrogens is 217 g/mol. The van der Waals surface area contributed by atoms with Crippen LogP contribution in [0, 0.1) is 11.8 Å². The van der Waals surface area contributed by atoms with Gasteiger partial charge in [0.2, 0.25) is 0 Å². The molecule has 0 heterocycles. The number of carboxylic acid groups (broad SMARTS) is 1. The third-order valence-corrected chi connectivity index (χ3v) is 3.26. The number of carboxylic acids is 1. The Morgan fingerprint density at radius 2 is 2.07 bits per heavy atom. The van der Waals surface area contributed by atoms with Crippen molar-refractivity contribution < 1.29 is 23.1 Å². The Morgan fingerprint density at radius 3 is 2.43 bits per heavy atom. The van der Waals surface area contributed by atoms with Crippen LogP contribution in [0.2, 0.25) is 0 Å².